The van der Waals surface area contributed by atoms with E-state index in [4.69, 9.17) is 5.10 Å². The molecule has 0 spiro atoms. The molecule has 0 aliphatic heterocycles. The summed E-state index contributed by atoms with van der Waals surface area (Å²) in [7, 11) is 0. The highest BCUT2D eigenvalue weighted by molar-refractivity contribution is 5.71. The summed E-state index contributed by atoms with van der Waals surface area (Å²) in [6.45, 7) is 2.11. The first-order valence-corrected chi connectivity index (χ1v) is 10.2. The van der Waals surface area contributed by atoms with Gasteiger partial charge in [-0.25, -0.2) is 4.68 Å². The van der Waals surface area contributed by atoms with Gasteiger partial charge in [0, 0.05) is 11.1 Å². The lowest BCUT2D eigenvalue weighted by atomic mass is 10.0. The van der Waals surface area contributed by atoms with Gasteiger partial charge in [-0.1, -0.05) is 103 Å². The standard InChI is InChI=1S/C28H22N2/c1-21-12-14-22(15-13-21)23-16-18-26(19-17-23)30-28(25-10-6-3-7-11-25)20-27(29-30)24-8-4-2-5-9-24/h2-20H,1H3. The van der Waals surface area contributed by atoms with Gasteiger partial charge in [0.05, 0.1) is 17.1 Å². The molecule has 0 aliphatic carbocycles. The second kappa shape index (κ2) is 7.84. The lowest BCUT2D eigenvalue weighted by Gasteiger charge is -2.09. The quantitative estimate of drug-likeness (QED) is 0.320. The smallest absolute Gasteiger partial charge is 0.0934 e. The van der Waals surface area contributed by atoms with Gasteiger partial charge in [-0.3, -0.25) is 0 Å². The second-order valence-corrected chi connectivity index (χ2v) is 7.47. The molecule has 5 aromatic rings. The summed E-state index contributed by atoms with van der Waals surface area (Å²) in [5.41, 5.74) is 9.06. The molecule has 2 heteroatoms. The molecule has 0 amide bonds. The fourth-order valence-electron chi connectivity index (χ4n) is 3.68. The molecular weight excluding hydrogens is 364 g/mol. The van der Waals surface area contributed by atoms with Gasteiger partial charge in [0.25, 0.3) is 0 Å². The maximum Gasteiger partial charge on any atom is 0.0934 e. The Labute approximate surface area is 177 Å². The summed E-state index contributed by atoms with van der Waals surface area (Å²) in [6, 6.07) is 40.2. The van der Waals surface area contributed by atoms with Crippen molar-refractivity contribution in [3.05, 3.63) is 121 Å². The minimum atomic E-state index is 0.970. The first kappa shape index (κ1) is 18.1. The molecule has 1 aromatic heterocycles. The third kappa shape index (κ3) is 3.56. The van der Waals surface area contributed by atoms with Crippen LogP contribution in [-0.2, 0) is 0 Å². The van der Waals surface area contributed by atoms with Crippen molar-refractivity contribution in [1.29, 1.82) is 0 Å². The lowest BCUT2D eigenvalue weighted by Crippen LogP contribution is -1.99. The van der Waals surface area contributed by atoms with Crippen LogP contribution in [-0.4, -0.2) is 9.78 Å². The molecule has 2 nitrogen and oxygen atoms in total. The van der Waals surface area contributed by atoms with Gasteiger partial charge in [0.15, 0.2) is 0 Å². The van der Waals surface area contributed by atoms with E-state index in [9.17, 15) is 0 Å². The van der Waals surface area contributed by atoms with E-state index >= 15 is 0 Å². The van der Waals surface area contributed by atoms with Gasteiger partial charge in [0.2, 0.25) is 0 Å². The summed E-state index contributed by atoms with van der Waals surface area (Å²) in [4.78, 5) is 0. The second-order valence-electron chi connectivity index (χ2n) is 7.47. The highest BCUT2D eigenvalue weighted by atomic mass is 15.3. The van der Waals surface area contributed by atoms with Crippen LogP contribution >= 0.6 is 0 Å². The molecule has 30 heavy (non-hydrogen) atoms. The van der Waals surface area contributed by atoms with E-state index in [0.717, 1.165) is 28.2 Å². The zero-order valence-electron chi connectivity index (χ0n) is 16.9. The van der Waals surface area contributed by atoms with Crippen molar-refractivity contribution in [3.8, 4) is 39.3 Å². The van der Waals surface area contributed by atoms with E-state index < -0.39 is 0 Å². The van der Waals surface area contributed by atoms with Crippen molar-refractivity contribution in [1.82, 2.24) is 9.78 Å². The van der Waals surface area contributed by atoms with Crippen molar-refractivity contribution in [2.75, 3.05) is 0 Å². The number of aryl methyl sites for hydroxylation is 1. The van der Waals surface area contributed by atoms with Gasteiger partial charge >= 0.3 is 0 Å². The van der Waals surface area contributed by atoms with Crippen molar-refractivity contribution >= 4 is 0 Å². The SMILES string of the molecule is Cc1ccc(-c2ccc(-n3nc(-c4ccccc4)cc3-c3ccccc3)cc2)cc1. The van der Waals surface area contributed by atoms with E-state index in [1.54, 1.807) is 0 Å². The van der Waals surface area contributed by atoms with Crippen LogP contribution in [0.2, 0.25) is 0 Å². The first-order chi connectivity index (χ1) is 14.8. The molecule has 0 fully saturated rings. The van der Waals surface area contributed by atoms with Crippen LogP contribution < -0.4 is 0 Å². The number of hydrogen-bond acceptors (Lipinski definition) is 1. The predicted molar refractivity (Wildman–Crippen MR) is 125 cm³/mol. The molecule has 0 unspecified atom stereocenters. The van der Waals surface area contributed by atoms with Crippen LogP contribution in [0.5, 0.6) is 0 Å². The van der Waals surface area contributed by atoms with Crippen LogP contribution in [0.25, 0.3) is 39.3 Å². The Bertz CT molecular complexity index is 1250. The van der Waals surface area contributed by atoms with E-state index in [-0.39, 0.29) is 0 Å². The summed E-state index contributed by atoms with van der Waals surface area (Å²) < 4.78 is 2.04. The summed E-state index contributed by atoms with van der Waals surface area (Å²) in [6.07, 6.45) is 0. The fourth-order valence-corrected chi connectivity index (χ4v) is 3.68. The summed E-state index contributed by atoms with van der Waals surface area (Å²) in [5.74, 6) is 0. The summed E-state index contributed by atoms with van der Waals surface area (Å²) >= 11 is 0. The van der Waals surface area contributed by atoms with Crippen LogP contribution in [0.3, 0.4) is 0 Å². The lowest BCUT2D eigenvalue weighted by molar-refractivity contribution is 0.892. The number of aromatic nitrogens is 2. The highest BCUT2D eigenvalue weighted by Crippen LogP contribution is 2.29. The van der Waals surface area contributed by atoms with Crippen molar-refractivity contribution in [2.24, 2.45) is 0 Å². The summed E-state index contributed by atoms with van der Waals surface area (Å²) in [5, 5.41) is 4.96. The van der Waals surface area contributed by atoms with E-state index in [1.165, 1.54) is 16.7 Å². The highest BCUT2D eigenvalue weighted by Gasteiger charge is 2.13. The number of hydrogen-bond donors (Lipinski definition) is 0. The van der Waals surface area contributed by atoms with Crippen LogP contribution in [0.4, 0.5) is 0 Å². The maximum absolute atomic E-state index is 4.96. The van der Waals surface area contributed by atoms with Gasteiger partial charge in [-0.05, 0) is 36.2 Å². The average molecular weight is 386 g/mol. The van der Waals surface area contributed by atoms with Crippen LogP contribution in [0.1, 0.15) is 5.56 Å². The molecule has 0 saturated heterocycles. The minimum Gasteiger partial charge on any atom is -0.232 e. The van der Waals surface area contributed by atoms with E-state index in [0.29, 0.717) is 0 Å². The molecule has 144 valence electrons. The molecule has 0 aliphatic rings. The molecule has 0 atom stereocenters. The van der Waals surface area contributed by atoms with E-state index in [1.807, 2.05) is 28.9 Å². The molecule has 0 bridgehead atoms. The number of nitrogens with zero attached hydrogens (tertiary/aromatic N) is 2. The third-order valence-electron chi connectivity index (χ3n) is 5.35. The molecule has 4 aromatic carbocycles. The molecule has 0 radical (unpaired) electrons. The van der Waals surface area contributed by atoms with Gasteiger partial charge in [-0.2, -0.15) is 5.10 Å². The Hall–Kier alpha value is -3.91. The Morgan fingerprint density at radius 1 is 0.533 bits per heavy atom. The molecule has 1 heterocycles. The Balaban J connectivity index is 1.59. The average Bonchev–Trinajstić information content (AvgIpc) is 3.27. The Kier molecular flexibility index (Phi) is 4.74. The van der Waals surface area contributed by atoms with Crippen LogP contribution in [0.15, 0.2) is 115 Å². The molecular formula is C28H22N2. The van der Waals surface area contributed by atoms with Gasteiger partial charge in [0.1, 0.15) is 0 Å². The van der Waals surface area contributed by atoms with Crippen LogP contribution in [0, 0.1) is 6.92 Å². The molecule has 5 rings (SSSR count). The molecule has 0 N–H and O–H groups in total. The van der Waals surface area contributed by atoms with E-state index in [2.05, 4.69) is 97.9 Å². The zero-order valence-corrected chi connectivity index (χ0v) is 16.9. The topological polar surface area (TPSA) is 17.8 Å². The zero-order chi connectivity index (χ0) is 20.3. The van der Waals surface area contributed by atoms with Crippen molar-refractivity contribution in [3.63, 3.8) is 0 Å². The largest absolute Gasteiger partial charge is 0.232 e. The number of benzene rings is 4. The minimum absolute atomic E-state index is 0.970. The first-order valence-electron chi connectivity index (χ1n) is 10.2. The monoisotopic (exact) mass is 386 g/mol. The number of rotatable bonds is 4. The Morgan fingerprint density at radius 3 is 1.67 bits per heavy atom. The van der Waals surface area contributed by atoms with Gasteiger partial charge in [-0.15, -0.1) is 0 Å². The fraction of sp³-hybridized carbons (Fsp3) is 0.0357. The van der Waals surface area contributed by atoms with Crippen molar-refractivity contribution in [2.45, 2.75) is 6.92 Å². The van der Waals surface area contributed by atoms with Gasteiger partial charge < -0.3 is 0 Å². The predicted octanol–water partition coefficient (Wildman–Crippen LogP) is 7.18. The Morgan fingerprint density at radius 2 is 1.07 bits per heavy atom. The maximum atomic E-state index is 4.96. The van der Waals surface area contributed by atoms with Crippen molar-refractivity contribution < 1.29 is 0 Å². The normalized spacial score (nSPS) is 10.8. The third-order valence-corrected chi connectivity index (χ3v) is 5.35. The molecule has 0 saturated carbocycles.